The highest BCUT2D eigenvalue weighted by Crippen LogP contribution is 2.24. The first-order chi connectivity index (χ1) is 5.99. The summed E-state index contributed by atoms with van der Waals surface area (Å²) in [6.07, 6.45) is 0. The van der Waals surface area contributed by atoms with E-state index in [-0.39, 0.29) is 10.7 Å². The fourth-order valence-corrected chi connectivity index (χ4v) is 0.993. The minimum atomic E-state index is -4.44. The van der Waals surface area contributed by atoms with Gasteiger partial charge in [0.1, 0.15) is 5.69 Å². The topological polar surface area (TPSA) is 79.1 Å². The van der Waals surface area contributed by atoms with Gasteiger partial charge in [0.2, 0.25) is 0 Å². The third kappa shape index (κ3) is 3.49. The first-order valence-corrected chi connectivity index (χ1v) is 4.91. The lowest BCUT2D eigenvalue weighted by Gasteiger charge is -1.92. The average Bonchev–Trinajstić information content (AvgIpc) is 2.01. The molecule has 1 aromatic rings. The molecule has 70 valence electrons. The Morgan fingerprint density at radius 3 is 2.46 bits per heavy atom. The quantitative estimate of drug-likeness (QED) is 0.613. The summed E-state index contributed by atoms with van der Waals surface area (Å²) in [5.74, 6) is 0. The van der Waals surface area contributed by atoms with Crippen LogP contribution in [0.1, 0.15) is 0 Å². The average molecular weight is 221 g/mol. The Labute approximate surface area is 79.9 Å². The molecule has 0 bridgehead atoms. The minimum absolute atomic E-state index is 0.182. The van der Waals surface area contributed by atoms with Crippen molar-refractivity contribution in [2.75, 3.05) is 0 Å². The monoisotopic (exact) mass is 220 g/mol. The van der Waals surface area contributed by atoms with Crippen molar-refractivity contribution in [1.29, 1.82) is 0 Å². The van der Waals surface area contributed by atoms with Gasteiger partial charge in [0.15, 0.2) is 0 Å². The summed E-state index contributed by atoms with van der Waals surface area (Å²) < 4.78 is 31.2. The number of halogens is 1. The van der Waals surface area contributed by atoms with Gasteiger partial charge in [0, 0.05) is 0 Å². The number of hydrogen-bond acceptors (Lipinski definition) is 3. The second-order valence-corrected chi connectivity index (χ2v) is 3.55. The van der Waals surface area contributed by atoms with Crippen molar-refractivity contribution in [3.05, 3.63) is 29.3 Å². The first kappa shape index (κ1) is 10.1. The van der Waals surface area contributed by atoms with Crippen molar-refractivity contribution < 1.29 is 13.0 Å². The Hall–Kier alpha value is -0.980. The molecule has 13 heavy (non-hydrogen) atoms. The van der Waals surface area contributed by atoms with Gasteiger partial charge in [0.05, 0.1) is 5.02 Å². The van der Waals surface area contributed by atoms with Crippen LogP contribution in [0.25, 0.3) is 0 Å². The van der Waals surface area contributed by atoms with Crippen LogP contribution in [-0.4, -0.2) is 13.0 Å². The van der Waals surface area contributed by atoms with Crippen molar-refractivity contribution >= 4 is 27.6 Å². The largest absolute Gasteiger partial charge is 0.396 e. The number of rotatable bonds is 2. The van der Waals surface area contributed by atoms with Crippen LogP contribution in [0.3, 0.4) is 0 Å². The number of benzene rings is 1. The summed E-state index contributed by atoms with van der Waals surface area (Å²) >= 11 is 5.62. The van der Waals surface area contributed by atoms with Crippen molar-refractivity contribution in [3.63, 3.8) is 0 Å². The third-order valence-electron chi connectivity index (χ3n) is 1.10. The molecule has 1 aromatic carbocycles. The van der Waals surface area contributed by atoms with Crippen LogP contribution in [-0.2, 0) is 10.3 Å². The Morgan fingerprint density at radius 1 is 1.31 bits per heavy atom. The van der Waals surface area contributed by atoms with Crippen molar-refractivity contribution in [3.8, 4) is 0 Å². The van der Waals surface area contributed by atoms with E-state index >= 15 is 0 Å². The third-order valence-corrected chi connectivity index (χ3v) is 1.71. The van der Waals surface area contributed by atoms with Crippen LogP contribution < -0.4 is 0 Å². The summed E-state index contributed by atoms with van der Waals surface area (Å²) in [6.45, 7) is 0. The van der Waals surface area contributed by atoms with Crippen LogP contribution in [0.15, 0.2) is 33.9 Å². The Balaban J connectivity index is 3.00. The van der Waals surface area contributed by atoms with E-state index in [0.717, 1.165) is 0 Å². The van der Waals surface area contributed by atoms with Crippen LogP contribution in [0.2, 0.25) is 5.02 Å². The van der Waals surface area contributed by atoms with E-state index < -0.39 is 10.3 Å². The minimum Gasteiger partial charge on any atom is -0.267 e. The maximum absolute atomic E-state index is 10.2. The predicted octanol–water partition coefficient (Wildman–Crippen LogP) is 2.23. The van der Waals surface area contributed by atoms with E-state index in [0.29, 0.717) is 0 Å². The molecule has 1 N–H and O–H groups in total. The van der Waals surface area contributed by atoms with Crippen LogP contribution in [0.4, 0.5) is 5.69 Å². The zero-order chi connectivity index (χ0) is 9.90. The Morgan fingerprint density at radius 2 is 1.92 bits per heavy atom. The summed E-state index contributed by atoms with van der Waals surface area (Å²) in [6, 6.07) is 6.27. The lowest BCUT2D eigenvalue weighted by molar-refractivity contribution is 0.482. The standard InChI is InChI=1S/C6H5ClN2O3S/c7-5-3-1-2-4-6(5)8-9-13(10,11)12/h1-4H,(H,10,11,12). The van der Waals surface area contributed by atoms with Gasteiger partial charge in [-0.15, -0.1) is 5.11 Å². The van der Waals surface area contributed by atoms with E-state index in [9.17, 15) is 8.42 Å². The summed E-state index contributed by atoms with van der Waals surface area (Å²) in [4.78, 5) is 0. The highest BCUT2D eigenvalue weighted by molar-refractivity contribution is 7.84. The Bertz CT molecular complexity index is 429. The van der Waals surface area contributed by atoms with Crippen molar-refractivity contribution in [2.24, 2.45) is 9.63 Å². The summed E-state index contributed by atoms with van der Waals surface area (Å²) in [5.41, 5.74) is 0.182. The lowest BCUT2D eigenvalue weighted by Crippen LogP contribution is -1.87. The van der Waals surface area contributed by atoms with E-state index in [1.807, 2.05) is 0 Å². The molecular formula is C6H5ClN2O3S. The molecule has 0 fully saturated rings. The molecule has 0 aliphatic heterocycles. The maximum Gasteiger partial charge on any atom is 0.396 e. The van der Waals surface area contributed by atoms with E-state index in [4.69, 9.17) is 16.2 Å². The van der Waals surface area contributed by atoms with Crippen LogP contribution in [0, 0.1) is 0 Å². The zero-order valence-corrected chi connectivity index (χ0v) is 7.83. The van der Waals surface area contributed by atoms with Crippen molar-refractivity contribution in [1.82, 2.24) is 0 Å². The zero-order valence-electron chi connectivity index (χ0n) is 6.25. The normalized spacial score (nSPS) is 12.2. The number of nitrogens with zero attached hydrogens (tertiary/aromatic N) is 2. The van der Waals surface area contributed by atoms with Gasteiger partial charge in [-0.25, -0.2) is 0 Å². The molecule has 0 heterocycles. The molecule has 0 radical (unpaired) electrons. The highest BCUT2D eigenvalue weighted by atomic mass is 35.5. The second kappa shape index (κ2) is 3.82. The molecule has 5 nitrogen and oxygen atoms in total. The highest BCUT2D eigenvalue weighted by Gasteiger charge is 2.00. The molecule has 0 saturated carbocycles. The SMILES string of the molecule is O=S(=O)(O)N=Nc1ccccc1Cl. The molecule has 0 spiro atoms. The summed E-state index contributed by atoms with van der Waals surface area (Å²) in [7, 11) is -4.44. The maximum atomic E-state index is 10.2. The molecule has 0 aliphatic carbocycles. The molecule has 0 aromatic heterocycles. The molecule has 0 saturated heterocycles. The molecule has 0 amide bonds. The molecule has 0 aliphatic rings. The fraction of sp³-hybridized carbons (Fsp3) is 0. The van der Waals surface area contributed by atoms with Crippen LogP contribution in [0.5, 0.6) is 0 Å². The van der Waals surface area contributed by atoms with Gasteiger partial charge in [-0.05, 0) is 16.7 Å². The Kier molecular flexibility index (Phi) is 2.97. The van der Waals surface area contributed by atoms with Gasteiger partial charge in [-0.2, -0.15) is 8.42 Å². The van der Waals surface area contributed by atoms with Crippen LogP contribution >= 0.6 is 11.6 Å². The molecular weight excluding hydrogens is 216 g/mol. The predicted molar refractivity (Wildman–Crippen MR) is 47.5 cm³/mol. The van der Waals surface area contributed by atoms with E-state index in [2.05, 4.69) is 9.63 Å². The molecule has 7 heteroatoms. The van der Waals surface area contributed by atoms with Gasteiger partial charge in [-0.3, -0.25) is 4.55 Å². The first-order valence-electron chi connectivity index (χ1n) is 3.14. The van der Waals surface area contributed by atoms with Gasteiger partial charge in [-0.1, -0.05) is 23.7 Å². The lowest BCUT2D eigenvalue weighted by atomic mass is 10.3. The molecule has 0 atom stereocenters. The smallest absolute Gasteiger partial charge is 0.267 e. The van der Waals surface area contributed by atoms with E-state index in [1.165, 1.54) is 12.1 Å². The van der Waals surface area contributed by atoms with Gasteiger partial charge >= 0.3 is 10.3 Å². The van der Waals surface area contributed by atoms with E-state index in [1.54, 1.807) is 12.1 Å². The molecule has 0 unspecified atom stereocenters. The van der Waals surface area contributed by atoms with Gasteiger partial charge in [0.25, 0.3) is 0 Å². The van der Waals surface area contributed by atoms with Crippen molar-refractivity contribution in [2.45, 2.75) is 0 Å². The second-order valence-electron chi connectivity index (χ2n) is 2.08. The van der Waals surface area contributed by atoms with Gasteiger partial charge < -0.3 is 0 Å². The molecule has 1 rings (SSSR count). The summed E-state index contributed by atoms with van der Waals surface area (Å²) in [5, 5.41) is 3.49. The number of hydrogen-bond donors (Lipinski definition) is 1. The fourth-order valence-electron chi connectivity index (χ4n) is 0.628.